The number of carbonyl (C=O) groups is 2. The lowest BCUT2D eigenvalue weighted by Gasteiger charge is -2.42. The SMILES string of the molecule is NC(=O)C1([C@H](c2ccccc2)c2ccc(C3CC(F)(F)C3)c(F)n2)CC(F)CN1C(=O)Cc1cn[nH]n1. The van der Waals surface area contributed by atoms with Crippen molar-refractivity contribution in [1.29, 1.82) is 0 Å². The maximum atomic E-state index is 15.2. The number of aromatic nitrogens is 4. The summed E-state index contributed by atoms with van der Waals surface area (Å²) in [7, 11) is 0. The molecule has 1 aliphatic carbocycles. The highest BCUT2D eigenvalue weighted by atomic mass is 19.3. The number of hydrogen-bond donors (Lipinski definition) is 2. The molecule has 1 saturated carbocycles. The van der Waals surface area contributed by atoms with Crippen LogP contribution in [0.5, 0.6) is 0 Å². The Bertz CT molecular complexity index is 1300. The third-order valence-corrected chi connectivity index (χ3v) is 7.26. The van der Waals surface area contributed by atoms with Crippen molar-refractivity contribution in [2.75, 3.05) is 6.54 Å². The van der Waals surface area contributed by atoms with Gasteiger partial charge in [0.15, 0.2) is 0 Å². The van der Waals surface area contributed by atoms with Gasteiger partial charge in [0.1, 0.15) is 11.7 Å². The third kappa shape index (κ3) is 4.44. The molecule has 2 unspecified atom stereocenters. The molecule has 5 rings (SSSR count). The van der Waals surface area contributed by atoms with Crippen LogP contribution in [0.15, 0.2) is 48.7 Å². The zero-order chi connectivity index (χ0) is 26.4. The highest BCUT2D eigenvalue weighted by molar-refractivity contribution is 5.93. The summed E-state index contributed by atoms with van der Waals surface area (Å²) in [5.74, 6) is -7.18. The average Bonchev–Trinajstić information content (AvgIpc) is 3.47. The van der Waals surface area contributed by atoms with Gasteiger partial charge in [-0.25, -0.2) is 18.2 Å². The van der Waals surface area contributed by atoms with Gasteiger partial charge in [0.25, 0.3) is 0 Å². The van der Waals surface area contributed by atoms with E-state index < -0.39 is 73.0 Å². The van der Waals surface area contributed by atoms with Crippen LogP contribution in [0.1, 0.15) is 53.6 Å². The van der Waals surface area contributed by atoms with Crippen molar-refractivity contribution in [3.63, 3.8) is 0 Å². The fourth-order valence-electron chi connectivity index (χ4n) is 5.55. The number of alkyl halides is 3. The van der Waals surface area contributed by atoms with E-state index in [1.54, 1.807) is 30.3 Å². The number of pyridine rings is 1. The summed E-state index contributed by atoms with van der Waals surface area (Å²) in [5.41, 5.74) is 4.82. The van der Waals surface area contributed by atoms with Gasteiger partial charge in [-0.1, -0.05) is 36.4 Å². The monoisotopic (exact) mass is 516 g/mol. The topological polar surface area (TPSA) is 118 Å². The molecule has 2 amide bonds. The molecule has 0 radical (unpaired) electrons. The summed E-state index contributed by atoms with van der Waals surface area (Å²) in [6.07, 6.45) is -1.90. The fraction of sp³-hybridized carbons (Fsp3) is 0.400. The molecule has 3 atom stereocenters. The number of benzene rings is 1. The smallest absolute Gasteiger partial charge is 0.249 e. The van der Waals surface area contributed by atoms with E-state index >= 15 is 8.78 Å². The number of nitrogens with one attached hydrogen (secondary N) is 1. The molecule has 1 aromatic carbocycles. The predicted molar refractivity (Wildman–Crippen MR) is 123 cm³/mol. The van der Waals surface area contributed by atoms with Crippen LogP contribution in [0.25, 0.3) is 0 Å². The van der Waals surface area contributed by atoms with Gasteiger partial charge in [0.2, 0.25) is 23.7 Å². The first-order valence-corrected chi connectivity index (χ1v) is 11.8. The minimum absolute atomic E-state index is 0.0330. The largest absolute Gasteiger partial charge is 0.368 e. The maximum Gasteiger partial charge on any atom is 0.249 e. The second-order valence-electron chi connectivity index (χ2n) is 9.65. The Balaban J connectivity index is 1.60. The van der Waals surface area contributed by atoms with Crippen molar-refractivity contribution >= 4 is 11.8 Å². The van der Waals surface area contributed by atoms with Crippen molar-refractivity contribution in [3.8, 4) is 0 Å². The summed E-state index contributed by atoms with van der Waals surface area (Å²) in [6.45, 7) is -0.402. The summed E-state index contributed by atoms with van der Waals surface area (Å²) < 4.78 is 57.0. The molecule has 3 heterocycles. The molecule has 12 heteroatoms. The van der Waals surface area contributed by atoms with Crippen molar-refractivity contribution in [2.24, 2.45) is 5.73 Å². The standard InChI is InChI=1S/C25H24F4N6O2/c26-16-11-25(23(30)37,35(13-16)20(36)8-17-12-31-34-33-17)21(14-4-2-1-3-5-14)19-7-6-18(22(27)32-19)15-9-24(28,29)10-15/h1-7,12,15-16,21H,8-11,13H2,(H2,30,37)(H,31,33,34)/t16?,21-,25?/m1/s1. The molecular weight excluding hydrogens is 492 g/mol. The third-order valence-electron chi connectivity index (χ3n) is 7.26. The van der Waals surface area contributed by atoms with E-state index in [9.17, 15) is 18.4 Å². The Hall–Kier alpha value is -3.83. The second kappa shape index (κ2) is 9.24. The lowest BCUT2D eigenvalue weighted by atomic mass is 9.73. The van der Waals surface area contributed by atoms with E-state index in [-0.39, 0.29) is 23.4 Å². The zero-order valence-electron chi connectivity index (χ0n) is 19.6. The molecule has 3 aromatic rings. The van der Waals surface area contributed by atoms with Gasteiger partial charge in [-0.2, -0.15) is 19.8 Å². The van der Waals surface area contributed by atoms with E-state index in [0.29, 0.717) is 5.56 Å². The average molecular weight is 516 g/mol. The van der Waals surface area contributed by atoms with Crippen LogP contribution in [0, 0.1) is 5.95 Å². The summed E-state index contributed by atoms with van der Waals surface area (Å²) in [4.78, 5) is 31.7. The quantitative estimate of drug-likeness (QED) is 0.370. The number of halogens is 4. The molecule has 1 saturated heterocycles. The predicted octanol–water partition coefficient (Wildman–Crippen LogP) is 3.02. The van der Waals surface area contributed by atoms with E-state index in [0.717, 1.165) is 4.90 Å². The molecule has 194 valence electrons. The van der Waals surface area contributed by atoms with E-state index in [2.05, 4.69) is 20.4 Å². The Kier molecular flexibility index (Phi) is 6.20. The molecule has 0 bridgehead atoms. The normalized spacial score (nSPS) is 24.0. The van der Waals surface area contributed by atoms with Crippen molar-refractivity contribution in [2.45, 2.75) is 55.2 Å². The molecule has 2 aromatic heterocycles. The first-order valence-electron chi connectivity index (χ1n) is 11.8. The number of rotatable bonds is 7. The number of nitrogens with two attached hydrogens (primary N) is 1. The molecule has 37 heavy (non-hydrogen) atoms. The van der Waals surface area contributed by atoms with Gasteiger partial charge < -0.3 is 10.6 Å². The minimum Gasteiger partial charge on any atom is -0.368 e. The molecule has 0 spiro atoms. The van der Waals surface area contributed by atoms with Gasteiger partial charge in [-0.15, -0.1) is 0 Å². The van der Waals surface area contributed by atoms with Crippen molar-refractivity contribution < 1.29 is 27.2 Å². The zero-order valence-corrected chi connectivity index (χ0v) is 19.6. The van der Waals surface area contributed by atoms with Crippen LogP contribution < -0.4 is 5.73 Å². The fourth-order valence-corrected chi connectivity index (χ4v) is 5.55. The molecule has 1 aliphatic heterocycles. The highest BCUT2D eigenvalue weighted by Gasteiger charge is 2.58. The number of likely N-dealkylation sites (tertiary alicyclic amines) is 1. The van der Waals surface area contributed by atoms with E-state index in [1.165, 1.54) is 18.3 Å². The molecule has 2 fully saturated rings. The van der Waals surface area contributed by atoms with Gasteiger partial charge in [0, 0.05) is 24.8 Å². The molecule has 2 aliphatic rings. The number of aromatic amines is 1. The number of carbonyl (C=O) groups excluding carboxylic acids is 2. The van der Waals surface area contributed by atoms with Crippen LogP contribution in [0.2, 0.25) is 0 Å². The van der Waals surface area contributed by atoms with Gasteiger partial charge >= 0.3 is 0 Å². The highest BCUT2D eigenvalue weighted by Crippen LogP contribution is 2.50. The first kappa shape index (κ1) is 24.8. The van der Waals surface area contributed by atoms with Crippen molar-refractivity contribution in [1.82, 2.24) is 25.3 Å². The summed E-state index contributed by atoms with van der Waals surface area (Å²) in [5, 5.41) is 9.91. The number of nitrogens with zero attached hydrogens (tertiary/aromatic N) is 4. The Morgan fingerprint density at radius 1 is 1.14 bits per heavy atom. The number of hydrogen-bond acceptors (Lipinski definition) is 5. The maximum absolute atomic E-state index is 15.2. The van der Waals surface area contributed by atoms with Crippen LogP contribution in [-0.2, 0) is 16.0 Å². The molecular formula is C25H24F4N6O2. The first-order chi connectivity index (χ1) is 17.6. The van der Waals surface area contributed by atoms with Crippen molar-refractivity contribution in [3.05, 3.63) is 77.1 Å². The minimum atomic E-state index is -2.84. The molecule has 3 N–H and O–H groups in total. The van der Waals surface area contributed by atoms with Gasteiger partial charge in [0.05, 0.1) is 36.5 Å². The van der Waals surface area contributed by atoms with Crippen LogP contribution in [0.3, 0.4) is 0 Å². The number of primary amides is 1. The van der Waals surface area contributed by atoms with Gasteiger partial charge in [-0.3, -0.25) is 9.59 Å². The van der Waals surface area contributed by atoms with Crippen LogP contribution in [-0.4, -0.2) is 61.3 Å². The molecule has 8 nitrogen and oxygen atoms in total. The Labute approximate surface area is 209 Å². The number of amides is 2. The van der Waals surface area contributed by atoms with Gasteiger partial charge in [-0.05, 0) is 17.5 Å². The Morgan fingerprint density at radius 2 is 1.86 bits per heavy atom. The summed E-state index contributed by atoms with van der Waals surface area (Å²) in [6, 6.07) is 11.2. The van der Waals surface area contributed by atoms with Crippen LogP contribution >= 0.6 is 0 Å². The lowest BCUT2D eigenvalue weighted by molar-refractivity contribution is -0.144. The summed E-state index contributed by atoms with van der Waals surface area (Å²) >= 11 is 0. The van der Waals surface area contributed by atoms with Crippen LogP contribution in [0.4, 0.5) is 17.6 Å². The Morgan fingerprint density at radius 3 is 2.46 bits per heavy atom. The number of H-pyrrole nitrogens is 1. The van der Waals surface area contributed by atoms with E-state index in [4.69, 9.17) is 5.73 Å². The lowest BCUT2D eigenvalue weighted by Crippen LogP contribution is -2.60. The second-order valence-corrected chi connectivity index (χ2v) is 9.65. The van der Waals surface area contributed by atoms with E-state index in [1.807, 2.05) is 0 Å².